The smallest absolute Gasteiger partial charge is 0.253 e. The zero-order valence-electron chi connectivity index (χ0n) is 19.0. The average molecular weight is 489 g/mol. The third-order valence-electron chi connectivity index (χ3n) is 6.19. The number of sulfonamides is 1. The Hall–Kier alpha value is -2.82. The SMILES string of the molecule is O=C(CN1CCN(C(=O)c2cccc(S(=O)(=O)N3CCCCC3)c2)CC1)Nc1ccc(F)cc1. The van der Waals surface area contributed by atoms with Crippen LogP contribution < -0.4 is 5.32 Å². The van der Waals surface area contributed by atoms with Gasteiger partial charge in [0.15, 0.2) is 0 Å². The Balaban J connectivity index is 1.32. The minimum Gasteiger partial charge on any atom is -0.336 e. The highest BCUT2D eigenvalue weighted by atomic mass is 32.2. The molecule has 0 saturated carbocycles. The van der Waals surface area contributed by atoms with Gasteiger partial charge in [-0.15, -0.1) is 0 Å². The summed E-state index contributed by atoms with van der Waals surface area (Å²) >= 11 is 0. The Kier molecular flexibility index (Phi) is 7.60. The summed E-state index contributed by atoms with van der Waals surface area (Å²) in [6.07, 6.45) is 2.73. The highest BCUT2D eigenvalue weighted by Crippen LogP contribution is 2.22. The van der Waals surface area contributed by atoms with E-state index in [1.165, 1.54) is 34.6 Å². The lowest BCUT2D eigenvalue weighted by Crippen LogP contribution is -2.50. The zero-order chi connectivity index (χ0) is 24.1. The summed E-state index contributed by atoms with van der Waals surface area (Å²) in [5, 5.41) is 2.73. The fourth-order valence-electron chi connectivity index (χ4n) is 4.27. The summed E-state index contributed by atoms with van der Waals surface area (Å²) in [5.41, 5.74) is 0.875. The first kappa shape index (κ1) is 24.3. The van der Waals surface area contributed by atoms with Gasteiger partial charge in [0.25, 0.3) is 5.91 Å². The van der Waals surface area contributed by atoms with Gasteiger partial charge >= 0.3 is 0 Å². The Morgan fingerprint density at radius 3 is 2.24 bits per heavy atom. The van der Waals surface area contributed by atoms with Gasteiger partial charge in [-0.3, -0.25) is 14.5 Å². The number of hydrogen-bond donors (Lipinski definition) is 1. The monoisotopic (exact) mass is 488 g/mol. The second kappa shape index (κ2) is 10.6. The third kappa shape index (κ3) is 5.81. The topological polar surface area (TPSA) is 90.0 Å². The standard InChI is InChI=1S/C24H29FN4O4S/c25-20-7-9-21(10-8-20)26-23(30)18-27-13-15-28(16-14-27)24(31)19-5-4-6-22(17-19)34(32,33)29-11-2-1-3-12-29/h4-10,17H,1-3,11-16,18H2,(H,26,30). The number of nitrogens with zero attached hydrogens (tertiary/aromatic N) is 3. The van der Waals surface area contributed by atoms with E-state index in [1.54, 1.807) is 23.1 Å². The van der Waals surface area contributed by atoms with Crippen molar-refractivity contribution >= 4 is 27.5 Å². The van der Waals surface area contributed by atoms with Crippen LogP contribution in [0.15, 0.2) is 53.4 Å². The first-order valence-electron chi connectivity index (χ1n) is 11.5. The molecule has 8 nitrogen and oxygen atoms in total. The van der Waals surface area contributed by atoms with Crippen molar-refractivity contribution in [3.8, 4) is 0 Å². The molecule has 0 aliphatic carbocycles. The highest BCUT2D eigenvalue weighted by Gasteiger charge is 2.28. The van der Waals surface area contributed by atoms with Gasteiger partial charge in [-0.1, -0.05) is 12.5 Å². The number of rotatable bonds is 6. The molecule has 2 fully saturated rings. The summed E-state index contributed by atoms with van der Waals surface area (Å²) in [4.78, 5) is 29.1. The normalized spacial score (nSPS) is 18.0. The summed E-state index contributed by atoms with van der Waals surface area (Å²) < 4.78 is 40.4. The molecule has 0 unspecified atom stereocenters. The number of piperazine rings is 1. The van der Waals surface area contributed by atoms with Crippen molar-refractivity contribution in [2.45, 2.75) is 24.2 Å². The number of halogens is 1. The summed E-state index contributed by atoms with van der Waals surface area (Å²) in [6, 6.07) is 11.8. The Morgan fingerprint density at radius 2 is 1.56 bits per heavy atom. The van der Waals surface area contributed by atoms with E-state index < -0.39 is 10.0 Å². The second-order valence-corrected chi connectivity index (χ2v) is 10.6. The van der Waals surface area contributed by atoms with Crippen LogP contribution in [0.2, 0.25) is 0 Å². The fraction of sp³-hybridized carbons (Fsp3) is 0.417. The van der Waals surface area contributed by atoms with Gasteiger partial charge < -0.3 is 10.2 Å². The number of amides is 2. The molecule has 2 aromatic rings. The molecule has 2 saturated heterocycles. The molecule has 10 heteroatoms. The van der Waals surface area contributed by atoms with E-state index in [9.17, 15) is 22.4 Å². The number of anilines is 1. The van der Waals surface area contributed by atoms with E-state index in [0.29, 0.717) is 50.5 Å². The lowest BCUT2D eigenvalue weighted by atomic mass is 10.2. The number of nitrogens with one attached hydrogen (secondary N) is 1. The van der Waals surface area contributed by atoms with Crippen molar-refractivity contribution in [3.63, 3.8) is 0 Å². The number of benzene rings is 2. The summed E-state index contributed by atoms with van der Waals surface area (Å²) in [6.45, 7) is 3.11. The highest BCUT2D eigenvalue weighted by molar-refractivity contribution is 7.89. The Labute approximate surface area is 199 Å². The second-order valence-electron chi connectivity index (χ2n) is 8.62. The lowest BCUT2D eigenvalue weighted by Gasteiger charge is -2.34. The molecule has 2 aliphatic rings. The maximum absolute atomic E-state index is 13.0. The van der Waals surface area contributed by atoms with Crippen LogP contribution >= 0.6 is 0 Å². The van der Waals surface area contributed by atoms with Gasteiger partial charge in [0.2, 0.25) is 15.9 Å². The Morgan fingerprint density at radius 1 is 0.882 bits per heavy atom. The summed E-state index contributed by atoms with van der Waals surface area (Å²) in [5.74, 6) is -0.790. The van der Waals surface area contributed by atoms with E-state index in [-0.39, 0.29) is 29.1 Å². The predicted molar refractivity (Wildman–Crippen MR) is 126 cm³/mol. The van der Waals surface area contributed by atoms with Crippen molar-refractivity contribution < 1.29 is 22.4 Å². The van der Waals surface area contributed by atoms with Gasteiger partial charge in [0.05, 0.1) is 11.4 Å². The molecule has 2 aromatic carbocycles. The minimum absolute atomic E-state index is 0.149. The molecule has 0 bridgehead atoms. The van der Waals surface area contributed by atoms with Gasteiger partial charge in [0.1, 0.15) is 5.82 Å². The zero-order valence-corrected chi connectivity index (χ0v) is 19.8. The van der Waals surface area contributed by atoms with Gasteiger partial charge in [-0.05, 0) is 55.3 Å². The van der Waals surface area contributed by atoms with E-state index >= 15 is 0 Å². The van der Waals surface area contributed by atoms with Gasteiger partial charge in [0, 0.05) is 50.5 Å². The van der Waals surface area contributed by atoms with E-state index in [0.717, 1.165) is 19.3 Å². The molecule has 0 spiro atoms. The van der Waals surface area contributed by atoms with Crippen LogP contribution in [-0.2, 0) is 14.8 Å². The van der Waals surface area contributed by atoms with Crippen molar-refractivity contribution in [1.29, 1.82) is 0 Å². The van der Waals surface area contributed by atoms with Crippen LogP contribution in [0.5, 0.6) is 0 Å². The maximum atomic E-state index is 13.0. The molecule has 2 aliphatic heterocycles. The van der Waals surface area contributed by atoms with Crippen molar-refractivity contribution in [2.75, 3.05) is 51.1 Å². The molecule has 1 N–H and O–H groups in total. The lowest BCUT2D eigenvalue weighted by molar-refractivity contribution is -0.117. The molecule has 0 aromatic heterocycles. The molecule has 0 radical (unpaired) electrons. The number of hydrogen-bond acceptors (Lipinski definition) is 5. The van der Waals surface area contributed by atoms with Crippen LogP contribution in [0.3, 0.4) is 0 Å². The molecule has 2 heterocycles. The van der Waals surface area contributed by atoms with Crippen LogP contribution in [0, 0.1) is 5.82 Å². The van der Waals surface area contributed by atoms with E-state index in [1.807, 2.05) is 4.90 Å². The van der Waals surface area contributed by atoms with Crippen LogP contribution in [0.25, 0.3) is 0 Å². The van der Waals surface area contributed by atoms with E-state index in [4.69, 9.17) is 0 Å². The molecule has 4 rings (SSSR count). The first-order chi connectivity index (χ1) is 16.3. The minimum atomic E-state index is -3.61. The van der Waals surface area contributed by atoms with Gasteiger partial charge in [-0.25, -0.2) is 12.8 Å². The predicted octanol–water partition coefficient (Wildman–Crippen LogP) is 2.40. The maximum Gasteiger partial charge on any atom is 0.253 e. The van der Waals surface area contributed by atoms with E-state index in [2.05, 4.69) is 5.32 Å². The molecular formula is C24H29FN4O4S. The molecule has 34 heavy (non-hydrogen) atoms. The van der Waals surface area contributed by atoms with Crippen molar-refractivity contribution in [2.24, 2.45) is 0 Å². The summed E-state index contributed by atoms with van der Waals surface area (Å²) in [7, 11) is -3.61. The van der Waals surface area contributed by atoms with Crippen LogP contribution in [-0.4, -0.2) is 80.2 Å². The molecular weight excluding hydrogens is 459 g/mol. The van der Waals surface area contributed by atoms with Crippen LogP contribution in [0.1, 0.15) is 29.6 Å². The van der Waals surface area contributed by atoms with Crippen molar-refractivity contribution in [3.05, 3.63) is 59.9 Å². The molecule has 182 valence electrons. The number of piperidine rings is 1. The average Bonchev–Trinajstić information content (AvgIpc) is 2.86. The number of carbonyl (C=O) groups excluding carboxylic acids is 2. The molecule has 0 atom stereocenters. The van der Waals surface area contributed by atoms with Gasteiger partial charge in [-0.2, -0.15) is 4.31 Å². The third-order valence-corrected chi connectivity index (χ3v) is 8.08. The largest absolute Gasteiger partial charge is 0.336 e. The Bertz CT molecular complexity index is 1130. The van der Waals surface area contributed by atoms with Crippen molar-refractivity contribution in [1.82, 2.24) is 14.1 Å². The first-order valence-corrected chi connectivity index (χ1v) is 12.9. The van der Waals surface area contributed by atoms with Crippen LogP contribution in [0.4, 0.5) is 10.1 Å². The fourth-order valence-corrected chi connectivity index (χ4v) is 5.84. The molecule has 2 amide bonds. The number of carbonyl (C=O) groups is 2. The quantitative estimate of drug-likeness (QED) is 0.675.